The topological polar surface area (TPSA) is 29.1 Å². The molecule has 0 saturated carbocycles. The number of carbonyl (C=O) groups is 1. The van der Waals surface area contributed by atoms with Gasteiger partial charge in [-0.05, 0) is 18.1 Å². The molecule has 0 radical (unpaired) electrons. The van der Waals surface area contributed by atoms with E-state index in [-0.39, 0.29) is 11.8 Å². The average Bonchev–Trinajstić information content (AvgIpc) is 2.19. The van der Waals surface area contributed by atoms with Gasteiger partial charge in [-0.2, -0.15) is 0 Å². The molecule has 1 aliphatic rings. The molecule has 1 atom stereocenters. The van der Waals surface area contributed by atoms with Gasteiger partial charge in [-0.15, -0.1) is 0 Å². The van der Waals surface area contributed by atoms with E-state index in [2.05, 4.69) is 17.4 Å². The Morgan fingerprint density at radius 3 is 2.79 bits per heavy atom. The highest BCUT2D eigenvalue weighted by molar-refractivity contribution is 5.90. The Hall–Kier alpha value is -1.57. The van der Waals surface area contributed by atoms with Crippen LogP contribution in [0.5, 0.6) is 0 Å². The number of hydrogen-bond donors (Lipinski definition) is 1. The van der Waals surface area contributed by atoms with Crippen LogP contribution < -0.4 is 5.32 Å². The lowest BCUT2D eigenvalue weighted by molar-refractivity contribution is -0.115. The van der Waals surface area contributed by atoms with Crippen molar-refractivity contribution in [2.24, 2.45) is 0 Å². The van der Waals surface area contributed by atoms with E-state index in [1.807, 2.05) is 18.2 Å². The number of ketones is 1. The number of benzene rings is 1. The summed E-state index contributed by atoms with van der Waals surface area (Å²) in [7, 11) is 0. The summed E-state index contributed by atoms with van der Waals surface area (Å²) in [5, 5.41) is 3.20. The van der Waals surface area contributed by atoms with Crippen molar-refractivity contribution in [1.82, 2.24) is 5.32 Å². The second kappa shape index (κ2) is 4.09. The molecule has 0 aliphatic carbocycles. The Morgan fingerprint density at radius 2 is 2.07 bits per heavy atom. The number of allylic oxidation sites excluding steroid dienone is 1. The third-order valence-corrected chi connectivity index (χ3v) is 2.37. The van der Waals surface area contributed by atoms with Gasteiger partial charge in [-0.3, -0.25) is 4.79 Å². The molecule has 0 amide bonds. The van der Waals surface area contributed by atoms with Crippen LogP contribution in [0, 0.1) is 0 Å². The minimum Gasteiger partial charge on any atom is -0.387 e. The summed E-state index contributed by atoms with van der Waals surface area (Å²) in [6.45, 7) is 0. The molecule has 1 N–H and O–H groups in total. The van der Waals surface area contributed by atoms with Gasteiger partial charge in [0.2, 0.25) is 0 Å². The SMILES string of the molecule is O=C1C=CNC(Cc2ccccc2)C1. The molecule has 1 aromatic rings. The van der Waals surface area contributed by atoms with Crippen LogP contribution >= 0.6 is 0 Å². The van der Waals surface area contributed by atoms with E-state index in [0.717, 1.165) is 6.42 Å². The highest BCUT2D eigenvalue weighted by Crippen LogP contribution is 2.08. The lowest BCUT2D eigenvalue weighted by Crippen LogP contribution is -2.32. The maximum absolute atomic E-state index is 11.1. The van der Waals surface area contributed by atoms with E-state index >= 15 is 0 Å². The lowest BCUT2D eigenvalue weighted by Gasteiger charge is -2.19. The normalized spacial score (nSPS) is 20.6. The average molecular weight is 187 g/mol. The minimum absolute atomic E-state index is 0.213. The largest absolute Gasteiger partial charge is 0.387 e. The maximum Gasteiger partial charge on any atom is 0.159 e. The Labute approximate surface area is 83.6 Å². The van der Waals surface area contributed by atoms with Crippen molar-refractivity contribution in [2.45, 2.75) is 18.9 Å². The highest BCUT2D eigenvalue weighted by atomic mass is 16.1. The molecular formula is C12H13NO. The molecule has 1 aromatic carbocycles. The van der Waals surface area contributed by atoms with Crippen LogP contribution in [-0.4, -0.2) is 11.8 Å². The molecule has 2 heteroatoms. The van der Waals surface area contributed by atoms with E-state index in [0.29, 0.717) is 6.42 Å². The van der Waals surface area contributed by atoms with Crippen molar-refractivity contribution >= 4 is 5.78 Å². The molecule has 14 heavy (non-hydrogen) atoms. The van der Waals surface area contributed by atoms with E-state index < -0.39 is 0 Å². The first kappa shape index (κ1) is 9.00. The molecule has 0 aromatic heterocycles. The summed E-state index contributed by atoms with van der Waals surface area (Å²) < 4.78 is 0. The summed E-state index contributed by atoms with van der Waals surface area (Å²) in [4.78, 5) is 11.1. The summed E-state index contributed by atoms with van der Waals surface area (Å²) >= 11 is 0. The number of rotatable bonds is 2. The zero-order valence-electron chi connectivity index (χ0n) is 7.94. The van der Waals surface area contributed by atoms with Crippen LogP contribution in [0.3, 0.4) is 0 Å². The fourth-order valence-electron chi connectivity index (χ4n) is 1.68. The van der Waals surface area contributed by atoms with E-state index in [4.69, 9.17) is 0 Å². The van der Waals surface area contributed by atoms with Crippen LogP contribution in [0.25, 0.3) is 0 Å². The molecular weight excluding hydrogens is 174 g/mol. The lowest BCUT2D eigenvalue weighted by atomic mass is 10.00. The second-order valence-corrected chi connectivity index (χ2v) is 3.56. The number of hydrogen-bond acceptors (Lipinski definition) is 2. The number of nitrogens with one attached hydrogen (secondary N) is 1. The van der Waals surface area contributed by atoms with Crippen molar-refractivity contribution in [3.05, 3.63) is 48.2 Å². The molecule has 0 saturated heterocycles. The zero-order valence-corrected chi connectivity index (χ0v) is 7.94. The van der Waals surface area contributed by atoms with Gasteiger partial charge in [0.05, 0.1) is 0 Å². The van der Waals surface area contributed by atoms with Gasteiger partial charge in [0.1, 0.15) is 0 Å². The highest BCUT2D eigenvalue weighted by Gasteiger charge is 2.14. The maximum atomic E-state index is 11.1. The first-order chi connectivity index (χ1) is 6.84. The summed E-state index contributed by atoms with van der Waals surface area (Å²) in [6, 6.07) is 10.5. The van der Waals surface area contributed by atoms with Crippen molar-refractivity contribution in [3.63, 3.8) is 0 Å². The van der Waals surface area contributed by atoms with Crippen LogP contribution in [0.1, 0.15) is 12.0 Å². The first-order valence-corrected chi connectivity index (χ1v) is 4.84. The molecule has 1 unspecified atom stereocenters. The van der Waals surface area contributed by atoms with Gasteiger partial charge >= 0.3 is 0 Å². The predicted molar refractivity (Wildman–Crippen MR) is 55.8 cm³/mol. The minimum atomic E-state index is 0.213. The molecule has 1 heterocycles. The van der Waals surface area contributed by atoms with Gasteiger partial charge in [-0.25, -0.2) is 0 Å². The fourth-order valence-corrected chi connectivity index (χ4v) is 1.68. The van der Waals surface area contributed by atoms with Gasteiger partial charge in [0.25, 0.3) is 0 Å². The third-order valence-electron chi connectivity index (χ3n) is 2.37. The quantitative estimate of drug-likeness (QED) is 0.763. The van der Waals surface area contributed by atoms with Gasteiger partial charge in [-0.1, -0.05) is 30.3 Å². The monoisotopic (exact) mass is 187 g/mol. The molecule has 2 nitrogen and oxygen atoms in total. The second-order valence-electron chi connectivity index (χ2n) is 3.56. The van der Waals surface area contributed by atoms with Gasteiger partial charge in [0.15, 0.2) is 5.78 Å². The van der Waals surface area contributed by atoms with Crippen LogP contribution in [-0.2, 0) is 11.2 Å². The van der Waals surface area contributed by atoms with Gasteiger partial charge < -0.3 is 5.32 Å². The molecule has 1 aliphatic heterocycles. The van der Waals surface area contributed by atoms with Crippen molar-refractivity contribution in [2.75, 3.05) is 0 Å². The summed E-state index contributed by atoms with van der Waals surface area (Å²) in [6.07, 6.45) is 4.86. The van der Waals surface area contributed by atoms with Crippen LogP contribution in [0.15, 0.2) is 42.6 Å². The Balaban J connectivity index is 1.99. The Kier molecular flexibility index (Phi) is 2.63. The molecule has 0 spiro atoms. The van der Waals surface area contributed by atoms with Crippen molar-refractivity contribution < 1.29 is 4.79 Å². The summed E-state index contributed by atoms with van der Waals surface area (Å²) in [5.74, 6) is 0.213. The van der Waals surface area contributed by atoms with E-state index in [9.17, 15) is 4.79 Å². The fraction of sp³-hybridized carbons (Fsp3) is 0.250. The standard InChI is InChI=1S/C12H13NO/c14-12-6-7-13-11(9-12)8-10-4-2-1-3-5-10/h1-7,11,13H,8-9H2. The number of carbonyl (C=O) groups excluding carboxylic acids is 1. The molecule has 2 rings (SSSR count). The third kappa shape index (κ3) is 2.22. The van der Waals surface area contributed by atoms with Crippen molar-refractivity contribution in [3.8, 4) is 0 Å². The summed E-state index contributed by atoms with van der Waals surface area (Å²) in [5.41, 5.74) is 1.27. The van der Waals surface area contributed by atoms with Gasteiger partial charge in [0, 0.05) is 18.7 Å². The molecule has 0 bridgehead atoms. The van der Waals surface area contributed by atoms with Crippen LogP contribution in [0.2, 0.25) is 0 Å². The zero-order chi connectivity index (χ0) is 9.80. The smallest absolute Gasteiger partial charge is 0.159 e. The van der Waals surface area contributed by atoms with Crippen LogP contribution in [0.4, 0.5) is 0 Å². The van der Waals surface area contributed by atoms with E-state index in [1.54, 1.807) is 12.3 Å². The Bertz CT molecular complexity index is 343. The Morgan fingerprint density at radius 1 is 1.29 bits per heavy atom. The van der Waals surface area contributed by atoms with Crippen molar-refractivity contribution in [1.29, 1.82) is 0 Å². The van der Waals surface area contributed by atoms with E-state index in [1.165, 1.54) is 5.56 Å². The predicted octanol–water partition coefficient (Wildman–Crippen LogP) is 1.67. The molecule has 0 fully saturated rings. The molecule has 72 valence electrons. The first-order valence-electron chi connectivity index (χ1n) is 4.84.